The molecule has 0 spiro atoms. The summed E-state index contributed by atoms with van der Waals surface area (Å²) in [6.45, 7) is 8.92. The van der Waals surface area contributed by atoms with Crippen LogP contribution < -0.4 is 0 Å². The van der Waals surface area contributed by atoms with Crippen molar-refractivity contribution in [2.75, 3.05) is 0 Å². The van der Waals surface area contributed by atoms with E-state index in [2.05, 4.69) is 100 Å². The third-order valence-corrected chi connectivity index (χ3v) is 5.80. The molecule has 1 aliphatic rings. The van der Waals surface area contributed by atoms with Gasteiger partial charge in [0, 0.05) is 6.42 Å². The SMILES string of the molecule is CC(C)c1cccc(C(C)C)c1/N=C/C1=C(c2ccccc2)CC(c2ccccc2)=N1. The van der Waals surface area contributed by atoms with Crippen LogP contribution in [0.25, 0.3) is 5.57 Å². The molecule has 2 nitrogen and oxygen atoms in total. The van der Waals surface area contributed by atoms with Gasteiger partial charge >= 0.3 is 0 Å². The van der Waals surface area contributed by atoms with Crippen LogP contribution in [0.1, 0.15) is 68.2 Å². The first-order chi connectivity index (χ1) is 15.0. The maximum absolute atomic E-state index is 5.04. The van der Waals surface area contributed by atoms with Gasteiger partial charge in [-0.25, -0.2) is 0 Å². The third-order valence-electron chi connectivity index (χ3n) is 5.80. The van der Waals surface area contributed by atoms with Gasteiger partial charge in [0.25, 0.3) is 0 Å². The van der Waals surface area contributed by atoms with Gasteiger partial charge in [-0.15, -0.1) is 0 Å². The molecule has 0 fully saturated rings. The highest BCUT2D eigenvalue weighted by Gasteiger charge is 2.20. The molecular formula is C29H30N2. The van der Waals surface area contributed by atoms with Crippen molar-refractivity contribution in [3.05, 3.63) is 107 Å². The Bertz CT molecular complexity index is 1110. The first-order valence-corrected chi connectivity index (χ1v) is 11.1. The van der Waals surface area contributed by atoms with E-state index in [0.717, 1.165) is 23.5 Å². The summed E-state index contributed by atoms with van der Waals surface area (Å²) < 4.78 is 0. The normalized spacial score (nSPS) is 14.2. The van der Waals surface area contributed by atoms with Crippen LogP contribution in [0.15, 0.2) is 94.5 Å². The zero-order valence-electron chi connectivity index (χ0n) is 18.8. The van der Waals surface area contributed by atoms with Gasteiger partial charge in [0.15, 0.2) is 0 Å². The fourth-order valence-corrected chi connectivity index (χ4v) is 4.09. The minimum absolute atomic E-state index is 0.417. The van der Waals surface area contributed by atoms with Crippen molar-refractivity contribution in [2.24, 2.45) is 9.98 Å². The summed E-state index contributed by atoms with van der Waals surface area (Å²) in [5, 5.41) is 0. The van der Waals surface area contributed by atoms with Crippen molar-refractivity contribution < 1.29 is 0 Å². The van der Waals surface area contributed by atoms with Crippen LogP contribution in [0.2, 0.25) is 0 Å². The van der Waals surface area contributed by atoms with E-state index >= 15 is 0 Å². The molecule has 0 aliphatic carbocycles. The first kappa shape index (κ1) is 21.0. The molecule has 1 aliphatic heterocycles. The maximum Gasteiger partial charge on any atom is 0.0858 e. The zero-order valence-corrected chi connectivity index (χ0v) is 18.8. The summed E-state index contributed by atoms with van der Waals surface area (Å²) in [5.74, 6) is 0.834. The molecule has 0 aromatic heterocycles. The molecule has 0 amide bonds. The topological polar surface area (TPSA) is 24.7 Å². The standard InChI is InChI=1S/C29H30N2/c1-20(2)24-16-11-17-25(21(3)4)29(24)30-19-28-26(22-12-7-5-8-13-22)18-27(31-28)23-14-9-6-10-15-23/h5-17,19-21H,18H2,1-4H3/b30-19+. The molecule has 0 radical (unpaired) electrons. The van der Waals surface area contributed by atoms with Gasteiger partial charge in [-0.3, -0.25) is 9.98 Å². The average Bonchev–Trinajstić information content (AvgIpc) is 3.22. The van der Waals surface area contributed by atoms with Crippen molar-refractivity contribution in [1.29, 1.82) is 0 Å². The van der Waals surface area contributed by atoms with Crippen LogP contribution in [0, 0.1) is 0 Å². The lowest BCUT2D eigenvalue weighted by atomic mass is 9.93. The molecule has 3 aromatic carbocycles. The molecule has 2 heteroatoms. The predicted octanol–water partition coefficient (Wildman–Crippen LogP) is 7.94. The molecule has 0 bridgehead atoms. The van der Waals surface area contributed by atoms with E-state index in [0.29, 0.717) is 11.8 Å². The van der Waals surface area contributed by atoms with Gasteiger partial charge in [0.2, 0.25) is 0 Å². The van der Waals surface area contributed by atoms with Crippen LogP contribution in [0.4, 0.5) is 5.69 Å². The number of para-hydroxylation sites is 1. The second-order valence-corrected chi connectivity index (χ2v) is 8.68. The predicted molar refractivity (Wildman–Crippen MR) is 134 cm³/mol. The van der Waals surface area contributed by atoms with Gasteiger partial charge in [-0.05, 0) is 39.7 Å². The van der Waals surface area contributed by atoms with Gasteiger partial charge in [0.05, 0.1) is 23.3 Å². The van der Waals surface area contributed by atoms with Crippen molar-refractivity contribution in [3.8, 4) is 0 Å². The summed E-state index contributed by atoms with van der Waals surface area (Å²) in [6, 6.07) is 27.5. The summed E-state index contributed by atoms with van der Waals surface area (Å²) in [7, 11) is 0. The van der Waals surface area contributed by atoms with E-state index < -0.39 is 0 Å². The number of rotatable bonds is 6. The minimum atomic E-state index is 0.417. The molecule has 31 heavy (non-hydrogen) atoms. The number of hydrogen-bond acceptors (Lipinski definition) is 2. The zero-order chi connectivity index (χ0) is 21.8. The maximum atomic E-state index is 5.04. The lowest BCUT2D eigenvalue weighted by Crippen LogP contribution is -1.97. The Morgan fingerprint density at radius 3 is 1.81 bits per heavy atom. The number of allylic oxidation sites excluding steroid dienone is 2. The number of nitrogens with zero attached hydrogens (tertiary/aromatic N) is 2. The Hall–Kier alpha value is -3.26. The Labute approximate surface area is 186 Å². The molecule has 0 atom stereocenters. The lowest BCUT2D eigenvalue weighted by molar-refractivity contribution is 0.835. The highest BCUT2D eigenvalue weighted by molar-refractivity contribution is 6.14. The Balaban J connectivity index is 1.80. The Morgan fingerprint density at radius 1 is 0.710 bits per heavy atom. The van der Waals surface area contributed by atoms with Crippen LogP contribution in [0.3, 0.4) is 0 Å². The molecule has 0 saturated carbocycles. The van der Waals surface area contributed by atoms with Crippen LogP contribution >= 0.6 is 0 Å². The quantitative estimate of drug-likeness (QED) is 0.371. The highest BCUT2D eigenvalue weighted by Crippen LogP contribution is 2.36. The van der Waals surface area contributed by atoms with Crippen LogP contribution in [-0.2, 0) is 0 Å². The van der Waals surface area contributed by atoms with Crippen LogP contribution in [-0.4, -0.2) is 11.9 Å². The van der Waals surface area contributed by atoms with E-state index in [1.54, 1.807) is 0 Å². The average molecular weight is 407 g/mol. The molecular weight excluding hydrogens is 376 g/mol. The fraction of sp³-hybridized carbons (Fsp3) is 0.241. The molecule has 4 rings (SSSR count). The molecule has 0 unspecified atom stereocenters. The second kappa shape index (κ2) is 9.26. The smallest absolute Gasteiger partial charge is 0.0858 e. The van der Waals surface area contributed by atoms with Gasteiger partial charge < -0.3 is 0 Å². The number of hydrogen-bond donors (Lipinski definition) is 0. The molecule has 0 saturated heterocycles. The van der Waals surface area contributed by atoms with E-state index in [4.69, 9.17) is 9.98 Å². The highest BCUT2D eigenvalue weighted by atomic mass is 14.8. The third kappa shape index (κ3) is 4.59. The van der Waals surface area contributed by atoms with E-state index in [1.807, 2.05) is 12.3 Å². The fourth-order valence-electron chi connectivity index (χ4n) is 4.09. The largest absolute Gasteiger partial charge is 0.254 e. The summed E-state index contributed by atoms with van der Waals surface area (Å²) in [6.07, 6.45) is 2.80. The van der Waals surface area contributed by atoms with Crippen molar-refractivity contribution in [3.63, 3.8) is 0 Å². The Kier molecular flexibility index (Phi) is 6.27. The second-order valence-electron chi connectivity index (χ2n) is 8.68. The van der Waals surface area contributed by atoms with Gasteiger partial charge in [0.1, 0.15) is 0 Å². The van der Waals surface area contributed by atoms with Crippen molar-refractivity contribution in [1.82, 2.24) is 0 Å². The summed E-state index contributed by atoms with van der Waals surface area (Å²) in [4.78, 5) is 10.1. The van der Waals surface area contributed by atoms with E-state index in [9.17, 15) is 0 Å². The van der Waals surface area contributed by atoms with E-state index in [-0.39, 0.29) is 0 Å². The van der Waals surface area contributed by atoms with Gasteiger partial charge in [-0.2, -0.15) is 0 Å². The molecule has 1 heterocycles. The monoisotopic (exact) mass is 406 g/mol. The van der Waals surface area contributed by atoms with Crippen molar-refractivity contribution in [2.45, 2.75) is 46.0 Å². The lowest BCUT2D eigenvalue weighted by Gasteiger charge is -2.16. The van der Waals surface area contributed by atoms with Crippen molar-refractivity contribution >= 4 is 23.2 Å². The number of aliphatic imine (C=N–C) groups is 2. The number of benzene rings is 3. The van der Waals surface area contributed by atoms with Gasteiger partial charge in [-0.1, -0.05) is 107 Å². The van der Waals surface area contributed by atoms with E-state index in [1.165, 1.54) is 27.8 Å². The Morgan fingerprint density at radius 2 is 1.26 bits per heavy atom. The molecule has 3 aromatic rings. The first-order valence-electron chi connectivity index (χ1n) is 11.1. The summed E-state index contributed by atoms with van der Waals surface area (Å²) >= 11 is 0. The molecule has 0 N–H and O–H groups in total. The summed E-state index contributed by atoms with van der Waals surface area (Å²) in [5.41, 5.74) is 9.33. The minimum Gasteiger partial charge on any atom is -0.254 e. The van der Waals surface area contributed by atoms with Crippen LogP contribution in [0.5, 0.6) is 0 Å². The molecule has 156 valence electrons.